The van der Waals surface area contributed by atoms with E-state index in [-0.39, 0.29) is 12.7 Å². The minimum absolute atomic E-state index is 0.0682. The van der Waals surface area contributed by atoms with Crippen LogP contribution in [0.2, 0.25) is 0 Å². The van der Waals surface area contributed by atoms with Gasteiger partial charge in [0.1, 0.15) is 19.4 Å². The average molecular weight is 482 g/mol. The fraction of sp³-hybridized carbons (Fsp3) is 0.185. The second-order valence-electron chi connectivity index (χ2n) is 8.77. The summed E-state index contributed by atoms with van der Waals surface area (Å²) in [6.45, 7) is 1.61. The van der Waals surface area contributed by atoms with Crippen LogP contribution in [0, 0.1) is 0 Å². The Bertz CT molecular complexity index is 1480. The van der Waals surface area contributed by atoms with Gasteiger partial charge in [-0.15, -0.1) is 0 Å². The lowest BCUT2D eigenvalue weighted by Crippen LogP contribution is -2.42. The van der Waals surface area contributed by atoms with Crippen molar-refractivity contribution in [1.29, 1.82) is 0 Å². The van der Waals surface area contributed by atoms with Gasteiger partial charge in [0.05, 0.1) is 17.5 Å². The molecule has 0 saturated heterocycles. The molecular formula is C27H22N4O5. The van der Waals surface area contributed by atoms with E-state index in [4.69, 9.17) is 18.9 Å². The topological polar surface area (TPSA) is 97.9 Å². The Labute approximate surface area is 206 Å². The van der Waals surface area contributed by atoms with Crippen LogP contribution in [-0.2, 0) is 6.54 Å². The summed E-state index contributed by atoms with van der Waals surface area (Å²) in [6, 6.07) is 19.1. The van der Waals surface area contributed by atoms with Crippen LogP contribution < -0.4 is 24.3 Å². The number of hydrogen-bond acceptors (Lipinski definition) is 7. The highest BCUT2D eigenvalue weighted by atomic mass is 16.7. The Morgan fingerprint density at radius 3 is 2.61 bits per heavy atom. The van der Waals surface area contributed by atoms with E-state index in [1.54, 1.807) is 6.20 Å². The Kier molecular flexibility index (Phi) is 4.73. The highest BCUT2D eigenvalue weighted by molar-refractivity contribution is 6.01. The van der Waals surface area contributed by atoms with Crippen LogP contribution in [0.1, 0.15) is 27.7 Å². The second kappa shape index (κ2) is 8.23. The molecule has 180 valence electrons. The highest BCUT2D eigenvalue weighted by Gasteiger charge is 2.35. The van der Waals surface area contributed by atoms with E-state index in [1.807, 2.05) is 65.6 Å². The van der Waals surface area contributed by atoms with Gasteiger partial charge in [-0.2, -0.15) is 5.10 Å². The third kappa shape index (κ3) is 3.39. The molecule has 0 unspecified atom stereocenters. The Morgan fingerprint density at radius 2 is 1.67 bits per heavy atom. The molecule has 7 rings (SSSR count). The summed E-state index contributed by atoms with van der Waals surface area (Å²) in [5.74, 6) is 2.73. The van der Waals surface area contributed by atoms with Crippen LogP contribution in [0.5, 0.6) is 23.0 Å². The maximum absolute atomic E-state index is 13.8. The maximum atomic E-state index is 13.8. The molecule has 1 atom stereocenters. The SMILES string of the molecule is O=C1c2ccccc2N[C@@H](c2cn[nH]c2-c2ccc3c(c2)OCCO3)N1Cc1ccc2c(c1)OCO2. The minimum Gasteiger partial charge on any atom is -0.486 e. The fourth-order valence-electron chi connectivity index (χ4n) is 4.87. The van der Waals surface area contributed by atoms with Crippen molar-refractivity contribution in [1.82, 2.24) is 15.1 Å². The smallest absolute Gasteiger partial charge is 0.258 e. The van der Waals surface area contributed by atoms with Crippen molar-refractivity contribution in [3.05, 3.63) is 83.6 Å². The van der Waals surface area contributed by atoms with E-state index in [0.717, 1.165) is 33.8 Å². The number of H-pyrrole nitrogens is 1. The van der Waals surface area contributed by atoms with E-state index in [1.165, 1.54) is 0 Å². The summed E-state index contributed by atoms with van der Waals surface area (Å²) in [4.78, 5) is 15.6. The van der Waals surface area contributed by atoms with Gasteiger partial charge < -0.3 is 29.2 Å². The van der Waals surface area contributed by atoms with Gasteiger partial charge in [0.2, 0.25) is 6.79 Å². The van der Waals surface area contributed by atoms with Gasteiger partial charge in [0, 0.05) is 23.4 Å². The third-order valence-electron chi connectivity index (χ3n) is 6.61. The lowest BCUT2D eigenvalue weighted by molar-refractivity contribution is 0.0667. The zero-order valence-corrected chi connectivity index (χ0v) is 19.2. The molecule has 0 fully saturated rings. The number of ether oxygens (including phenoxy) is 4. The molecule has 1 aromatic heterocycles. The lowest BCUT2D eigenvalue weighted by atomic mass is 10.00. The Balaban J connectivity index is 1.29. The molecule has 2 N–H and O–H groups in total. The van der Waals surface area contributed by atoms with Gasteiger partial charge in [0.25, 0.3) is 5.91 Å². The first-order chi connectivity index (χ1) is 17.7. The van der Waals surface area contributed by atoms with Crippen LogP contribution >= 0.6 is 0 Å². The fourth-order valence-corrected chi connectivity index (χ4v) is 4.87. The number of nitrogens with one attached hydrogen (secondary N) is 2. The zero-order valence-electron chi connectivity index (χ0n) is 19.2. The van der Waals surface area contributed by atoms with Gasteiger partial charge in [-0.25, -0.2) is 0 Å². The first-order valence-electron chi connectivity index (χ1n) is 11.7. The standard InChI is InChI=1S/C27H22N4O5/c32-27-18-3-1-2-4-20(18)29-26(31(27)14-16-5-7-22-23(11-16)36-15-35-22)19-13-28-30-25(19)17-6-8-21-24(12-17)34-10-9-33-21/h1-8,11-13,26,29H,9-10,14-15H2,(H,28,30)/t26-/m1/s1. The summed E-state index contributed by atoms with van der Waals surface area (Å²) in [6.07, 6.45) is 1.30. The highest BCUT2D eigenvalue weighted by Crippen LogP contribution is 2.41. The van der Waals surface area contributed by atoms with E-state index in [2.05, 4.69) is 15.5 Å². The predicted molar refractivity (Wildman–Crippen MR) is 130 cm³/mol. The van der Waals surface area contributed by atoms with Crippen molar-refractivity contribution in [2.75, 3.05) is 25.3 Å². The number of benzene rings is 3. The molecule has 0 bridgehead atoms. The van der Waals surface area contributed by atoms with E-state index in [0.29, 0.717) is 42.6 Å². The molecule has 3 aliphatic heterocycles. The number of aromatic amines is 1. The molecule has 36 heavy (non-hydrogen) atoms. The molecule has 4 heterocycles. The minimum atomic E-state index is -0.459. The number of amides is 1. The van der Waals surface area contributed by atoms with Crippen molar-refractivity contribution in [2.24, 2.45) is 0 Å². The van der Waals surface area contributed by atoms with Crippen LogP contribution in [0.4, 0.5) is 5.69 Å². The third-order valence-corrected chi connectivity index (χ3v) is 6.61. The van der Waals surface area contributed by atoms with E-state index in [9.17, 15) is 4.79 Å². The number of aromatic nitrogens is 2. The number of carbonyl (C=O) groups is 1. The van der Waals surface area contributed by atoms with Gasteiger partial charge >= 0.3 is 0 Å². The molecule has 4 aromatic rings. The van der Waals surface area contributed by atoms with Crippen LogP contribution in [-0.4, -0.2) is 41.0 Å². The number of hydrogen-bond donors (Lipinski definition) is 2. The van der Waals surface area contributed by atoms with Crippen LogP contribution in [0.3, 0.4) is 0 Å². The van der Waals surface area contributed by atoms with Crippen LogP contribution in [0.25, 0.3) is 11.3 Å². The summed E-state index contributed by atoms with van der Waals surface area (Å²) in [7, 11) is 0. The molecule has 0 aliphatic carbocycles. The van der Waals surface area contributed by atoms with Gasteiger partial charge in [-0.1, -0.05) is 18.2 Å². The number of nitrogens with zero attached hydrogens (tertiary/aromatic N) is 2. The van der Waals surface area contributed by atoms with Gasteiger partial charge in [-0.05, 0) is 48.0 Å². The first-order valence-corrected chi connectivity index (χ1v) is 11.7. The quantitative estimate of drug-likeness (QED) is 0.446. The summed E-state index contributed by atoms with van der Waals surface area (Å²) in [5.41, 5.74) is 4.87. The van der Waals surface area contributed by atoms with Crippen molar-refractivity contribution < 1.29 is 23.7 Å². The first kappa shape index (κ1) is 20.7. The largest absolute Gasteiger partial charge is 0.486 e. The lowest BCUT2D eigenvalue weighted by Gasteiger charge is -2.38. The molecule has 3 aromatic carbocycles. The van der Waals surface area contributed by atoms with Crippen molar-refractivity contribution in [2.45, 2.75) is 12.7 Å². The number of anilines is 1. The number of para-hydroxylation sites is 1. The van der Waals surface area contributed by atoms with Crippen molar-refractivity contribution in [3.63, 3.8) is 0 Å². The molecule has 3 aliphatic rings. The van der Waals surface area contributed by atoms with Gasteiger partial charge in [-0.3, -0.25) is 9.89 Å². The molecule has 0 spiro atoms. The predicted octanol–water partition coefficient (Wildman–Crippen LogP) is 4.34. The summed E-state index contributed by atoms with van der Waals surface area (Å²) < 4.78 is 22.5. The van der Waals surface area contributed by atoms with Crippen molar-refractivity contribution >= 4 is 11.6 Å². The zero-order chi connectivity index (χ0) is 24.1. The van der Waals surface area contributed by atoms with Gasteiger partial charge in [0.15, 0.2) is 23.0 Å². The molecule has 9 nitrogen and oxygen atoms in total. The molecule has 1 amide bonds. The maximum Gasteiger partial charge on any atom is 0.258 e. The Hall–Kier alpha value is -4.66. The van der Waals surface area contributed by atoms with E-state index >= 15 is 0 Å². The number of carbonyl (C=O) groups excluding carboxylic acids is 1. The summed E-state index contributed by atoms with van der Waals surface area (Å²) >= 11 is 0. The monoisotopic (exact) mass is 482 g/mol. The average Bonchev–Trinajstić information content (AvgIpc) is 3.59. The molecule has 0 saturated carbocycles. The second-order valence-corrected chi connectivity index (χ2v) is 8.77. The number of fused-ring (bicyclic) bond motifs is 3. The molecule has 0 radical (unpaired) electrons. The van der Waals surface area contributed by atoms with Crippen molar-refractivity contribution in [3.8, 4) is 34.3 Å². The van der Waals surface area contributed by atoms with Crippen LogP contribution in [0.15, 0.2) is 66.9 Å². The molecular weight excluding hydrogens is 460 g/mol. The molecule has 9 heteroatoms. The van der Waals surface area contributed by atoms with E-state index < -0.39 is 6.17 Å². The summed E-state index contributed by atoms with van der Waals surface area (Å²) in [5, 5.41) is 11.0. The number of rotatable bonds is 4. The normalized spacial score (nSPS) is 17.5. The Morgan fingerprint density at radius 1 is 0.889 bits per heavy atom.